The summed E-state index contributed by atoms with van der Waals surface area (Å²) in [6.45, 7) is 3.28. The highest BCUT2D eigenvalue weighted by Crippen LogP contribution is 2.36. The number of nitrogens with zero attached hydrogens (tertiary/aromatic N) is 3. The van der Waals surface area contributed by atoms with Crippen LogP contribution in [0.15, 0.2) is 30.5 Å². The zero-order valence-corrected chi connectivity index (χ0v) is 12.9. The molecule has 1 aromatic heterocycles. The maximum Gasteiger partial charge on any atom is 0.0842 e. The molecule has 4 heteroatoms. The second-order valence-electron chi connectivity index (χ2n) is 5.99. The average Bonchev–Trinajstić information content (AvgIpc) is 3.09. The second kappa shape index (κ2) is 6.39. The quantitative estimate of drug-likeness (QED) is 0.886. The molecule has 1 aromatic carbocycles. The van der Waals surface area contributed by atoms with E-state index in [0.29, 0.717) is 12.0 Å². The molecule has 0 radical (unpaired) electrons. The van der Waals surface area contributed by atoms with Crippen LogP contribution >= 0.6 is 0 Å². The lowest BCUT2D eigenvalue weighted by molar-refractivity contribution is 0.422. The fraction of sp³-hybridized carbons (Fsp3) is 0.529. The molecule has 4 nitrogen and oxygen atoms in total. The highest BCUT2D eigenvalue weighted by atomic mass is 15.4. The number of hydrogen-bond acceptors (Lipinski definition) is 3. The van der Waals surface area contributed by atoms with Gasteiger partial charge in [-0.05, 0) is 36.9 Å². The van der Waals surface area contributed by atoms with Gasteiger partial charge in [0.25, 0.3) is 0 Å². The number of fused-ring (bicyclic) bond motifs is 1. The largest absolute Gasteiger partial charge is 0.313 e. The van der Waals surface area contributed by atoms with Crippen molar-refractivity contribution in [3.63, 3.8) is 0 Å². The Balaban J connectivity index is 1.79. The molecule has 0 spiro atoms. The minimum Gasteiger partial charge on any atom is -0.313 e. The summed E-state index contributed by atoms with van der Waals surface area (Å²) in [7, 11) is 1.93. The SMILES string of the molecule is CCCNC(Cc1cn(C)nn1)C1CCc2ccccc21. The lowest BCUT2D eigenvalue weighted by atomic mass is 9.90. The van der Waals surface area contributed by atoms with Crippen molar-refractivity contribution in [3.05, 3.63) is 47.3 Å². The fourth-order valence-electron chi connectivity index (χ4n) is 3.41. The van der Waals surface area contributed by atoms with E-state index < -0.39 is 0 Å². The topological polar surface area (TPSA) is 42.7 Å². The molecule has 1 heterocycles. The molecule has 1 N–H and O–H groups in total. The van der Waals surface area contributed by atoms with Crippen LogP contribution in [0, 0.1) is 0 Å². The highest BCUT2D eigenvalue weighted by molar-refractivity contribution is 5.36. The van der Waals surface area contributed by atoms with Crippen LogP contribution in [0.1, 0.15) is 42.5 Å². The average molecular weight is 284 g/mol. The second-order valence-corrected chi connectivity index (χ2v) is 5.99. The van der Waals surface area contributed by atoms with Gasteiger partial charge in [0, 0.05) is 31.6 Å². The molecule has 2 aromatic rings. The summed E-state index contributed by atoms with van der Waals surface area (Å²) in [6, 6.07) is 9.33. The van der Waals surface area contributed by atoms with E-state index in [1.165, 1.54) is 24.0 Å². The molecule has 0 saturated carbocycles. The summed E-state index contributed by atoms with van der Waals surface area (Å²) in [5.74, 6) is 0.592. The molecule has 21 heavy (non-hydrogen) atoms. The van der Waals surface area contributed by atoms with Crippen molar-refractivity contribution >= 4 is 0 Å². The molecule has 1 aliphatic carbocycles. The molecule has 3 rings (SSSR count). The third-order valence-corrected chi connectivity index (χ3v) is 4.40. The molecule has 2 atom stereocenters. The Morgan fingerprint density at radius 1 is 1.38 bits per heavy atom. The van der Waals surface area contributed by atoms with Crippen molar-refractivity contribution < 1.29 is 0 Å². The van der Waals surface area contributed by atoms with Crippen molar-refractivity contribution in [1.82, 2.24) is 20.3 Å². The first-order valence-corrected chi connectivity index (χ1v) is 7.94. The van der Waals surface area contributed by atoms with Crippen molar-refractivity contribution in [2.45, 2.75) is 44.6 Å². The molecule has 0 fully saturated rings. The van der Waals surface area contributed by atoms with E-state index in [1.807, 2.05) is 13.2 Å². The van der Waals surface area contributed by atoms with E-state index in [9.17, 15) is 0 Å². The molecule has 0 amide bonds. The van der Waals surface area contributed by atoms with Crippen LogP contribution in [0.5, 0.6) is 0 Å². The fourth-order valence-corrected chi connectivity index (χ4v) is 3.41. The van der Waals surface area contributed by atoms with Crippen LogP contribution in [-0.2, 0) is 19.9 Å². The number of nitrogens with one attached hydrogen (secondary N) is 1. The maximum absolute atomic E-state index is 4.26. The van der Waals surface area contributed by atoms with Gasteiger partial charge in [-0.25, -0.2) is 0 Å². The van der Waals surface area contributed by atoms with Gasteiger partial charge in [0.2, 0.25) is 0 Å². The molecule has 0 saturated heterocycles. The first-order valence-electron chi connectivity index (χ1n) is 7.94. The van der Waals surface area contributed by atoms with E-state index in [1.54, 1.807) is 4.68 Å². The molecule has 0 aliphatic heterocycles. The third-order valence-electron chi connectivity index (χ3n) is 4.40. The Morgan fingerprint density at radius 3 is 3.00 bits per heavy atom. The zero-order chi connectivity index (χ0) is 14.7. The summed E-state index contributed by atoms with van der Waals surface area (Å²) in [5.41, 5.74) is 4.12. The molecule has 1 aliphatic rings. The predicted molar refractivity (Wildman–Crippen MR) is 84.3 cm³/mol. The Kier molecular flexibility index (Phi) is 4.34. The van der Waals surface area contributed by atoms with Crippen molar-refractivity contribution in [3.8, 4) is 0 Å². The number of benzene rings is 1. The monoisotopic (exact) mass is 284 g/mol. The van der Waals surface area contributed by atoms with Gasteiger partial charge < -0.3 is 5.32 Å². The van der Waals surface area contributed by atoms with Crippen LogP contribution in [0.25, 0.3) is 0 Å². The predicted octanol–water partition coefficient (Wildman–Crippen LogP) is 2.46. The van der Waals surface area contributed by atoms with Crippen molar-refractivity contribution in [2.24, 2.45) is 7.05 Å². The van der Waals surface area contributed by atoms with E-state index in [2.05, 4.69) is 46.8 Å². The van der Waals surface area contributed by atoms with Crippen molar-refractivity contribution in [2.75, 3.05) is 6.54 Å². The van der Waals surface area contributed by atoms with E-state index >= 15 is 0 Å². The summed E-state index contributed by atoms with van der Waals surface area (Å²) in [4.78, 5) is 0. The van der Waals surface area contributed by atoms with Crippen molar-refractivity contribution in [1.29, 1.82) is 0 Å². The lowest BCUT2D eigenvalue weighted by Crippen LogP contribution is -2.36. The van der Waals surface area contributed by atoms with E-state index in [-0.39, 0.29) is 0 Å². The van der Waals surface area contributed by atoms with Crippen LogP contribution in [0.3, 0.4) is 0 Å². The maximum atomic E-state index is 4.26. The molecular weight excluding hydrogens is 260 g/mol. The zero-order valence-electron chi connectivity index (χ0n) is 12.9. The van der Waals surface area contributed by atoms with Crippen LogP contribution < -0.4 is 5.32 Å². The van der Waals surface area contributed by atoms with Gasteiger partial charge in [0.15, 0.2) is 0 Å². The normalized spacial score (nSPS) is 18.7. The van der Waals surface area contributed by atoms with Gasteiger partial charge in [-0.15, -0.1) is 5.10 Å². The first kappa shape index (κ1) is 14.3. The van der Waals surface area contributed by atoms with Gasteiger partial charge in [-0.2, -0.15) is 0 Å². The summed E-state index contributed by atoms with van der Waals surface area (Å²) < 4.78 is 1.79. The summed E-state index contributed by atoms with van der Waals surface area (Å²) in [5, 5.41) is 12.1. The third kappa shape index (κ3) is 3.16. The Labute approximate surface area is 126 Å². The molecule has 112 valence electrons. The Morgan fingerprint density at radius 2 is 2.24 bits per heavy atom. The van der Waals surface area contributed by atoms with Gasteiger partial charge in [0.1, 0.15) is 0 Å². The minimum absolute atomic E-state index is 0.449. The standard InChI is InChI=1S/C17H24N4/c1-3-10-18-17(11-14-12-21(2)20-19-14)16-9-8-13-6-4-5-7-15(13)16/h4-7,12,16-18H,3,8-11H2,1-2H3. The minimum atomic E-state index is 0.449. The van der Waals surface area contributed by atoms with Crippen LogP contribution in [0.2, 0.25) is 0 Å². The molecule has 2 unspecified atom stereocenters. The lowest BCUT2D eigenvalue weighted by Gasteiger charge is -2.25. The van der Waals surface area contributed by atoms with Gasteiger partial charge in [-0.3, -0.25) is 4.68 Å². The van der Waals surface area contributed by atoms with Gasteiger partial charge in [0.05, 0.1) is 5.69 Å². The number of rotatable bonds is 6. The van der Waals surface area contributed by atoms with Gasteiger partial charge >= 0.3 is 0 Å². The number of aryl methyl sites for hydroxylation is 2. The molecule has 0 bridgehead atoms. The van der Waals surface area contributed by atoms with Crippen LogP contribution in [-0.4, -0.2) is 27.6 Å². The van der Waals surface area contributed by atoms with E-state index in [4.69, 9.17) is 0 Å². The van der Waals surface area contributed by atoms with Crippen LogP contribution in [0.4, 0.5) is 0 Å². The summed E-state index contributed by atoms with van der Waals surface area (Å²) in [6.07, 6.45) is 6.58. The Bertz CT molecular complexity index is 590. The van der Waals surface area contributed by atoms with Gasteiger partial charge in [-0.1, -0.05) is 36.4 Å². The Hall–Kier alpha value is -1.68. The molecular formula is C17H24N4. The smallest absolute Gasteiger partial charge is 0.0842 e. The van der Waals surface area contributed by atoms with E-state index in [0.717, 1.165) is 25.1 Å². The number of hydrogen-bond donors (Lipinski definition) is 1. The highest BCUT2D eigenvalue weighted by Gasteiger charge is 2.29. The number of aromatic nitrogens is 3. The summed E-state index contributed by atoms with van der Waals surface area (Å²) >= 11 is 0. The first-order chi connectivity index (χ1) is 10.3.